The van der Waals surface area contributed by atoms with Crippen molar-refractivity contribution in [1.82, 2.24) is 5.32 Å². The molecule has 0 aliphatic heterocycles. The second-order valence-corrected chi connectivity index (χ2v) is 6.70. The smallest absolute Gasteiger partial charge is 0.224 e. The Morgan fingerprint density at radius 3 is 2.43 bits per heavy atom. The number of amides is 1. The number of hydrogen-bond donors (Lipinski definition) is 1. The fourth-order valence-corrected chi connectivity index (χ4v) is 3.43. The third kappa shape index (κ3) is 3.00. The van der Waals surface area contributed by atoms with Gasteiger partial charge in [0.1, 0.15) is 5.82 Å². The molecule has 2 nitrogen and oxygen atoms in total. The molecule has 0 radical (unpaired) electrons. The fourth-order valence-electron chi connectivity index (χ4n) is 3.43. The van der Waals surface area contributed by atoms with Gasteiger partial charge in [0.05, 0.1) is 6.04 Å². The summed E-state index contributed by atoms with van der Waals surface area (Å²) in [5.41, 5.74) is 1.85. The third-order valence-electron chi connectivity index (χ3n) is 4.98. The maximum absolute atomic E-state index is 13.9. The van der Waals surface area contributed by atoms with Gasteiger partial charge >= 0.3 is 0 Å². The van der Waals surface area contributed by atoms with Gasteiger partial charge in [0.25, 0.3) is 0 Å². The summed E-state index contributed by atoms with van der Waals surface area (Å²) in [7, 11) is 0. The number of halogens is 1. The predicted molar refractivity (Wildman–Crippen MR) is 87.3 cm³/mol. The van der Waals surface area contributed by atoms with Crippen LogP contribution in [-0.2, 0) is 4.79 Å². The molecule has 0 spiro atoms. The molecule has 3 atom stereocenters. The summed E-state index contributed by atoms with van der Waals surface area (Å²) in [5.74, 6) is 0.365. The lowest BCUT2D eigenvalue weighted by molar-refractivity contribution is -0.123. The Balaban J connectivity index is 1.45. The first-order chi connectivity index (χ1) is 11.2. The molecule has 2 aromatic carbocycles. The van der Waals surface area contributed by atoms with E-state index in [2.05, 4.69) is 17.4 Å². The van der Waals surface area contributed by atoms with Crippen LogP contribution in [0.15, 0.2) is 54.6 Å². The maximum atomic E-state index is 13.9. The zero-order valence-electron chi connectivity index (χ0n) is 12.9. The van der Waals surface area contributed by atoms with Gasteiger partial charge in [-0.25, -0.2) is 4.39 Å². The van der Waals surface area contributed by atoms with Gasteiger partial charge < -0.3 is 5.32 Å². The molecule has 1 N–H and O–H groups in total. The van der Waals surface area contributed by atoms with E-state index >= 15 is 0 Å². The van der Waals surface area contributed by atoms with Gasteiger partial charge in [0.2, 0.25) is 5.91 Å². The molecule has 2 aliphatic carbocycles. The minimum Gasteiger partial charge on any atom is -0.349 e. The fraction of sp³-hybridized carbons (Fsp3) is 0.350. The third-order valence-corrected chi connectivity index (χ3v) is 4.98. The molecule has 23 heavy (non-hydrogen) atoms. The van der Waals surface area contributed by atoms with E-state index in [0.29, 0.717) is 11.5 Å². The quantitative estimate of drug-likeness (QED) is 0.881. The normalized spacial score (nSPS) is 24.0. The van der Waals surface area contributed by atoms with E-state index in [1.54, 1.807) is 12.1 Å². The van der Waals surface area contributed by atoms with Gasteiger partial charge in [-0.05, 0) is 48.3 Å². The van der Waals surface area contributed by atoms with Crippen LogP contribution in [0.1, 0.15) is 42.3 Å². The molecular weight excluding hydrogens is 289 g/mol. The summed E-state index contributed by atoms with van der Waals surface area (Å²) >= 11 is 0. The molecule has 3 heteroatoms. The standard InChI is InChI=1S/C20H20FNO/c21-18-9-5-4-8-15(18)16-12-17(16)20(23)22-19(14-10-11-14)13-6-2-1-3-7-13/h1-9,14,16-17,19H,10-12H2,(H,22,23). The number of hydrogen-bond acceptors (Lipinski definition) is 1. The van der Waals surface area contributed by atoms with Crippen LogP contribution in [0.25, 0.3) is 0 Å². The Morgan fingerprint density at radius 1 is 1.04 bits per heavy atom. The van der Waals surface area contributed by atoms with E-state index < -0.39 is 0 Å². The van der Waals surface area contributed by atoms with E-state index in [0.717, 1.165) is 6.42 Å². The second kappa shape index (κ2) is 5.80. The van der Waals surface area contributed by atoms with E-state index in [9.17, 15) is 9.18 Å². The molecule has 4 rings (SSSR count). The molecule has 2 saturated carbocycles. The van der Waals surface area contributed by atoms with Crippen molar-refractivity contribution in [3.05, 3.63) is 71.5 Å². The highest BCUT2D eigenvalue weighted by atomic mass is 19.1. The minimum atomic E-state index is -0.199. The highest BCUT2D eigenvalue weighted by Crippen LogP contribution is 2.49. The first kappa shape index (κ1) is 14.4. The van der Waals surface area contributed by atoms with Crippen molar-refractivity contribution in [2.75, 3.05) is 0 Å². The Kier molecular flexibility index (Phi) is 3.64. The highest BCUT2D eigenvalue weighted by molar-refractivity contribution is 5.83. The number of rotatable bonds is 5. The Morgan fingerprint density at radius 2 is 1.74 bits per heavy atom. The van der Waals surface area contributed by atoms with Crippen molar-refractivity contribution in [2.45, 2.75) is 31.2 Å². The summed E-state index contributed by atoms with van der Waals surface area (Å²) < 4.78 is 13.9. The lowest BCUT2D eigenvalue weighted by Gasteiger charge is -2.19. The highest BCUT2D eigenvalue weighted by Gasteiger charge is 2.46. The summed E-state index contributed by atoms with van der Waals surface area (Å²) in [6.45, 7) is 0. The van der Waals surface area contributed by atoms with Crippen molar-refractivity contribution < 1.29 is 9.18 Å². The summed E-state index contributed by atoms with van der Waals surface area (Å²) in [6.07, 6.45) is 3.08. The molecule has 0 aromatic heterocycles. The summed E-state index contributed by atoms with van der Waals surface area (Å²) in [4.78, 5) is 12.6. The van der Waals surface area contributed by atoms with Crippen LogP contribution in [0, 0.1) is 17.7 Å². The van der Waals surface area contributed by atoms with Gasteiger partial charge in [0, 0.05) is 5.92 Å². The van der Waals surface area contributed by atoms with E-state index in [1.807, 2.05) is 24.3 Å². The first-order valence-electron chi connectivity index (χ1n) is 8.34. The van der Waals surface area contributed by atoms with Gasteiger partial charge in [0.15, 0.2) is 0 Å². The molecule has 3 unspecified atom stereocenters. The predicted octanol–water partition coefficient (Wildman–Crippen LogP) is 4.20. The SMILES string of the molecule is O=C(NC(c1ccccc1)C1CC1)C1CC1c1ccccc1F. The van der Waals surface area contributed by atoms with Crippen LogP contribution in [-0.4, -0.2) is 5.91 Å². The van der Waals surface area contributed by atoms with Crippen molar-refractivity contribution in [3.8, 4) is 0 Å². The van der Waals surface area contributed by atoms with E-state index in [-0.39, 0.29) is 29.6 Å². The Hall–Kier alpha value is -2.16. The average Bonchev–Trinajstić information content (AvgIpc) is 3.47. The first-order valence-corrected chi connectivity index (χ1v) is 8.34. The Bertz CT molecular complexity index is 711. The zero-order chi connectivity index (χ0) is 15.8. The summed E-state index contributed by atoms with van der Waals surface area (Å²) in [6, 6.07) is 17.1. The lowest BCUT2D eigenvalue weighted by atomic mass is 10.0. The van der Waals surface area contributed by atoms with E-state index in [1.165, 1.54) is 24.5 Å². The molecule has 0 bridgehead atoms. The molecule has 0 saturated heterocycles. The van der Waals surface area contributed by atoms with Crippen molar-refractivity contribution in [2.24, 2.45) is 11.8 Å². The molecule has 2 fully saturated rings. The number of nitrogens with one attached hydrogen (secondary N) is 1. The molecule has 1 amide bonds. The van der Waals surface area contributed by atoms with Gasteiger partial charge in [-0.15, -0.1) is 0 Å². The number of benzene rings is 2. The minimum absolute atomic E-state index is 0.0341. The van der Waals surface area contributed by atoms with Gasteiger partial charge in [-0.2, -0.15) is 0 Å². The van der Waals surface area contributed by atoms with Crippen LogP contribution < -0.4 is 5.32 Å². The lowest BCUT2D eigenvalue weighted by Crippen LogP contribution is -2.31. The monoisotopic (exact) mass is 309 g/mol. The van der Waals surface area contributed by atoms with Crippen LogP contribution in [0.5, 0.6) is 0 Å². The Labute approximate surface area is 135 Å². The number of carbonyl (C=O) groups is 1. The molecular formula is C20H20FNO. The van der Waals surface area contributed by atoms with Gasteiger partial charge in [-0.1, -0.05) is 48.5 Å². The molecule has 2 aromatic rings. The molecule has 2 aliphatic rings. The second-order valence-electron chi connectivity index (χ2n) is 6.70. The van der Waals surface area contributed by atoms with Crippen molar-refractivity contribution in [1.29, 1.82) is 0 Å². The van der Waals surface area contributed by atoms with Crippen LogP contribution in [0.3, 0.4) is 0 Å². The van der Waals surface area contributed by atoms with Crippen molar-refractivity contribution in [3.63, 3.8) is 0 Å². The van der Waals surface area contributed by atoms with Crippen LogP contribution >= 0.6 is 0 Å². The zero-order valence-corrected chi connectivity index (χ0v) is 12.9. The summed E-state index contributed by atoms with van der Waals surface area (Å²) in [5, 5.41) is 3.22. The van der Waals surface area contributed by atoms with E-state index in [4.69, 9.17) is 0 Å². The number of carbonyl (C=O) groups excluding carboxylic acids is 1. The van der Waals surface area contributed by atoms with Crippen LogP contribution in [0.4, 0.5) is 4.39 Å². The average molecular weight is 309 g/mol. The molecule has 118 valence electrons. The topological polar surface area (TPSA) is 29.1 Å². The van der Waals surface area contributed by atoms with Crippen LogP contribution in [0.2, 0.25) is 0 Å². The largest absolute Gasteiger partial charge is 0.349 e. The van der Waals surface area contributed by atoms with Crippen molar-refractivity contribution >= 4 is 5.91 Å². The maximum Gasteiger partial charge on any atom is 0.224 e. The van der Waals surface area contributed by atoms with Gasteiger partial charge in [-0.3, -0.25) is 4.79 Å². The molecule has 0 heterocycles.